The zero-order valence-electron chi connectivity index (χ0n) is 23.8. The molecule has 2 rings (SSSR count). The number of fused-ring (bicyclic) bond motifs is 1. The number of hydrogen-bond donors (Lipinski definition) is 0. The molecule has 3 unspecified atom stereocenters. The lowest BCUT2D eigenvalue weighted by molar-refractivity contribution is -0.130. The van der Waals surface area contributed by atoms with Crippen LogP contribution in [-0.4, -0.2) is 23.1 Å². The number of rotatable bonds is 15. The number of carbonyl (C=O) groups excluding carboxylic acids is 4. The van der Waals surface area contributed by atoms with E-state index in [1.165, 1.54) is 12.5 Å². The molecule has 0 aliphatic heterocycles. The van der Waals surface area contributed by atoms with Gasteiger partial charge in [0.25, 0.3) is 0 Å². The Bertz CT molecular complexity index is 955. The molecule has 1 aliphatic rings. The quantitative estimate of drug-likeness (QED) is 0.235. The summed E-state index contributed by atoms with van der Waals surface area (Å²) in [7, 11) is 0. The molecule has 0 aromatic heterocycles. The Kier molecular flexibility index (Phi) is 11.7. The summed E-state index contributed by atoms with van der Waals surface area (Å²) in [6.45, 7) is 14.1. The minimum atomic E-state index is -0.117. The lowest BCUT2D eigenvalue weighted by atomic mass is 9.70. The van der Waals surface area contributed by atoms with Crippen molar-refractivity contribution in [2.45, 2.75) is 125 Å². The number of benzene rings is 1. The summed E-state index contributed by atoms with van der Waals surface area (Å²) < 4.78 is 0. The lowest BCUT2D eigenvalue weighted by Gasteiger charge is -2.33. The largest absolute Gasteiger partial charge is 0.300 e. The van der Waals surface area contributed by atoms with E-state index in [4.69, 9.17) is 0 Å². The molecule has 0 saturated heterocycles. The van der Waals surface area contributed by atoms with Crippen LogP contribution in [0.1, 0.15) is 138 Å². The monoisotopic (exact) mass is 496 g/mol. The molecule has 0 spiro atoms. The molecule has 4 nitrogen and oxygen atoms in total. The summed E-state index contributed by atoms with van der Waals surface area (Å²) >= 11 is 0. The SMILES string of the molecule is CCCCC(=O)Cc1cc(C(C)C)c2c(c1C)C(=O)CC(CC(CCC)C(CC)C(=O)CC(C)=O)C2. The summed E-state index contributed by atoms with van der Waals surface area (Å²) in [6.07, 6.45) is 7.78. The molecule has 0 bridgehead atoms. The Morgan fingerprint density at radius 1 is 1.06 bits per heavy atom. The van der Waals surface area contributed by atoms with Crippen molar-refractivity contribution >= 4 is 23.1 Å². The van der Waals surface area contributed by atoms with Crippen LogP contribution in [0.2, 0.25) is 0 Å². The second-order valence-electron chi connectivity index (χ2n) is 11.4. The normalized spacial score (nSPS) is 17.1. The molecule has 36 heavy (non-hydrogen) atoms. The first-order valence-corrected chi connectivity index (χ1v) is 14.3. The molecule has 0 saturated carbocycles. The fraction of sp³-hybridized carbons (Fsp3) is 0.688. The van der Waals surface area contributed by atoms with Crippen LogP contribution in [0.25, 0.3) is 0 Å². The van der Waals surface area contributed by atoms with E-state index in [0.717, 1.165) is 67.2 Å². The summed E-state index contributed by atoms with van der Waals surface area (Å²) in [5.41, 5.74) is 5.19. The van der Waals surface area contributed by atoms with Gasteiger partial charge in [0.15, 0.2) is 5.78 Å². The average molecular weight is 497 g/mol. The Morgan fingerprint density at radius 2 is 1.75 bits per heavy atom. The molecule has 1 aliphatic carbocycles. The van der Waals surface area contributed by atoms with Crippen molar-refractivity contribution in [1.29, 1.82) is 0 Å². The Hall–Kier alpha value is -2.10. The second-order valence-corrected chi connectivity index (χ2v) is 11.4. The number of unbranched alkanes of at least 4 members (excludes halogenated alkanes) is 1. The first-order valence-electron chi connectivity index (χ1n) is 14.3. The van der Waals surface area contributed by atoms with Gasteiger partial charge in [0.1, 0.15) is 17.3 Å². The highest BCUT2D eigenvalue weighted by Gasteiger charge is 2.34. The van der Waals surface area contributed by atoms with Crippen molar-refractivity contribution in [3.8, 4) is 0 Å². The van der Waals surface area contributed by atoms with Crippen molar-refractivity contribution in [2.75, 3.05) is 0 Å². The third-order valence-corrected chi connectivity index (χ3v) is 8.04. The maximum atomic E-state index is 13.6. The fourth-order valence-electron chi connectivity index (χ4n) is 6.26. The first-order chi connectivity index (χ1) is 17.0. The zero-order valence-corrected chi connectivity index (χ0v) is 23.8. The molecule has 0 N–H and O–H groups in total. The molecule has 1 aromatic carbocycles. The molecule has 3 atom stereocenters. The van der Waals surface area contributed by atoms with Crippen LogP contribution in [0, 0.1) is 24.7 Å². The number of carbonyl (C=O) groups is 4. The van der Waals surface area contributed by atoms with E-state index in [9.17, 15) is 19.2 Å². The van der Waals surface area contributed by atoms with E-state index < -0.39 is 0 Å². The summed E-state index contributed by atoms with van der Waals surface area (Å²) in [5.74, 6) is 0.967. The first kappa shape index (κ1) is 30.1. The molecular weight excluding hydrogens is 448 g/mol. The van der Waals surface area contributed by atoms with Crippen LogP contribution in [-0.2, 0) is 27.2 Å². The molecule has 1 aromatic rings. The minimum Gasteiger partial charge on any atom is -0.300 e. The highest BCUT2D eigenvalue weighted by atomic mass is 16.1. The Morgan fingerprint density at radius 3 is 2.31 bits per heavy atom. The summed E-state index contributed by atoms with van der Waals surface area (Å²) in [4.78, 5) is 50.6. The number of Topliss-reactive ketones (excluding diaryl/α,β-unsaturated/α-hetero) is 4. The highest BCUT2D eigenvalue weighted by molar-refractivity contribution is 6.01. The topological polar surface area (TPSA) is 68.3 Å². The van der Waals surface area contributed by atoms with Crippen molar-refractivity contribution in [1.82, 2.24) is 0 Å². The van der Waals surface area contributed by atoms with Gasteiger partial charge < -0.3 is 0 Å². The van der Waals surface area contributed by atoms with E-state index in [1.54, 1.807) is 0 Å². The van der Waals surface area contributed by atoms with E-state index in [0.29, 0.717) is 19.3 Å². The maximum Gasteiger partial charge on any atom is 0.163 e. The van der Waals surface area contributed by atoms with Gasteiger partial charge in [-0.2, -0.15) is 0 Å². The predicted molar refractivity (Wildman–Crippen MR) is 147 cm³/mol. The van der Waals surface area contributed by atoms with Crippen LogP contribution in [0.5, 0.6) is 0 Å². The lowest BCUT2D eigenvalue weighted by Crippen LogP contribution is -2.30. The molecule has 0 heterocycles. The van der Waals surface area contributed by atoms with Gasteiger partial charge in [0.05, 0.1) is 6.42 Å². The fourth-order valence-corrected chi connectivity index (χ4v) is 6.26. The molecule has 0 fully saturated rings. The van der Waals surface area contributed by atoms with Gasteiger partial charge in [-0.3, -0.25) is 19.2 Å². The van der Waals surface area contributed by atoms with Gasteiger partial charge in [-0.05, 0) is 79.5 Å². The van der Waals surface area contributed by atoms with Crippen molar-refractivity contribution in [2.24, 2.45) is 17.8 Å². The van der Waals surface area contributed by atoms with Gasteiger partial charge >= 0.3 is 0 Å². The third kappa shape index (κ3) is 7.70. The van der Waals surface area contributed by atoms with Crippen LogP contribution in [0.3, 0.4) is 0 Å². The zero-order chi connectivity index (χ0) is 27.0. The minimum absolute atomic E-state index is 0.0155. The number of ketones is 4. The number of hydrogen-bond acceptors (Lipinski definition) is 4. The maximum absolute atomic E-state index is 13.6. The van der Waals surface area contributed by atoms with Crippen LogP contribution < -0.4 is 0 Å². The predicted octanol–water partition coefficient (Wildman–Crippen LogP) is 7.55. The molecule has 0 amide bonds. The van der Waals surface area contributed by atoms with Gasteiger partial charge in [0.2, 0.25) is 0 Å². The molecule has 200 valence electrons. The highest BCUT2D eigenvalue weighted by Crippen LogP contribution is 2.40. The van der Waals surface area contributed by atoms with Crippen LogP contribution in [0.4, 0.5) is 0 Å². The Labute approximate surface area is 219 Å². The Balaban J connectivity index is 2.36. The van der Waals surface area contributed by atoms with Crippen LogP contribution >= 0.6 is 0 Å². The third-order valence-electron chi connectivity index (χ3n) is 8.04. The standard InChI is InChI=1S/C32H48O4/c1-8-11-13-26(34)18-25-19-28(20(4)5)29-16-23(17-31(36)32(29)22(25)7)15-24(12-9-2)27(10-3)30(35)14-21(6)33/h19-20,23-24,27H,8-18H2,1-7H3. The molecular formula is C32H48O4. The average Bonchev–Trinajstić information content (AvgIpc) is 2.79. The van der Waals surface area contributed by atoms with Gasteiger partial charge in [-0.15, -0.1) is 0 Å². The molecule has 4 heteroatoms. The van der Waals surface area contributed by atoms with E-state index >= 15 is 0 Å². The van der Waals surface area contributed by atoms with E-state index in [-0.39, 0.29) is 53.2 Å². The van der Waals surface area contributed by atoms with E-state index in [2.05, 4.69) is 33.8 Å². The molecule has 0 radical (unpaired) electrons. The van der Waals surface area contributed by atoms with Gasteiger partial charge in [0, 0.05) is 30.7 Å². The van der Waals surface area contributed by atoms with Gasteiger partial charge in [-0.1, -0.05) is 59.9 Å². The second kappa shape index (κ2) is 14.0. The van der Waals surface area contributed by atoms with Gasteiger partial charge in [-0.25, -0.2) is 0 Å². The van der Waals surface area contributed by atoms with Crippen molar-refractivity contribution in [3.05, 3.63) is 33.9 Å². The summed E-state index contributed by atoms with van der Waals surface area (Å²) in [6, 6.07) is 2.19. The smallest absolute Gasteiger partial charge is 0.163 e. The van der Waals surface area contributed by atoms with Crippen molar-refractivity contribution < 1.29 is 19.2 Å². The van der Waals surface area contributed by atoms with E-state index in [1.807, 2.05) is 13.8 Å². The van der Waals surface area contributed by atoms with Crippen LogP contribution in [0.15, 0.2) is 6.07 Å². The van der Waals surface area contributed by atoms with Crippen molar-refractivity contribution in [3.63, 3.8) is 0 Å². The summed E-state index contributed by atoms with van der Waals surface area (Å²) in [5, 5.41) is 0.